The van der Waals surface area contributed by atoms with Crippen LogP contribution >= 0.6 is 27.5 Å². The number of halogens is 2. The number of fused-ring (bicyclic) bond motifs is 8. The smallest absolute Gasteiger partial charge is 0.266 e. The fourth-order valence-corrected chi connectivity index (χ4v) is 7.75. The van der Waals surface area contributed by atoms with Gasteiger partial charge in [0, 0.05) is 53.4 Å². The van der Waals surface area contributed by atoms with Crippen LogP contribution in [0.1, 0.15) is 38.3 Å². The summed E-state index contributed by atoms with van der Waals surface area (Å²) < 4.78 is 23.6. The van der Waals surface area contributed by atoms with Crippen molar-refractivity contribution in [2.24, 2.45) is 21.5 Å². The van der Waals surface area contributed by atoms with Gasteiger partial charge in [0.05, 0.1) is 19.2 Å². The lowest BCUT2D eigenvalue weighted by molar-refractivity contribution is -0.130. The lowest BCUT2D eigenvalue weighted by Gasteiger charge is -2.34. The average Bonchev–Trinajstić information content (AvgIpc) is 3.58. The molecule has 16 heteroatoms. The average molecular weight is 851 g/mol. The zero-order chi connectivity index (χ0) is 40.4. The fourth-order valence-electron chi connectivity index (χ4n) is 7.28. The number of nitrogens with zero attached hydrogens (tertiary/aromatic N) is 5. The molecule has 2 atom stereocenters. The van der Waals surface area contributed by atoms with E-state index in [0.717, 1.165) is 4.47 Å². The molecule has 288 valence electrons. The summed E-state index contributed by atoms with van der Waals surface area (Å²) in [6.45, 7) is 0. The van der Waals surface area contributed by atoms with E-state index < -0.39 is 11.1 Å². The molecule has 1 aromatic heterocycles. The summed E-state index contributed by atoms with van der Waals surface area (Å²) in [5.74, 6) is 2.79. The van der Waals surface area contributed by atoms with Gasteiger partial charge in [0.2, 0.25) is 11.1 Å². The highest BCUT2D eigenvalue weighted by Crippen LogP contribution is 2.54. The number of carbonyl (C=O) groups is 3. The Labute approximate surface area is 339 Å². The highest BCUT2D eigenvalue weighted by Gasteiger charge is 2.56. The Morgan fingerprint density at radius 2 is 1.19 bits per heavy atom. The fraction of sp³-hybridized carbons (Fsp3) is 0.171. The maximum atomic E-state index is 13.6. The summed E-state index contributed by atoms with van der Waals surface area (Å²) in [5, 5.41) is 0.452. The van der Waals surface area contributed by atoms with Crippen LogP contribution in [0.4, 0.5) is 0 Å². The van der Waals surface area contributed by atoms with E-state index in [1.807, 2.05) is 18.2 Å². The Hall–Kier alpha value is -6.45. The van der Waals surface area contributed by atoms with Crippen molar-refractivity contribution in [1.82, 2.24) is 14.8 Å². The number of pyridine rings is 1. The molecule has 9 rings (SSSR count). The molecule has 0 aliphatic carbocycles. The van der Waals surface area contributed by atoms with E-state index >= 15 is 0 Å². The van der Waals surface area contributed by atoms with E-state index in [-0.39, 0.29) is 35.9 Å². The second-order valence-electron chi connectivity index (χ2n) is 13.5. The molecule has 0 saturated heterocycles. The van der Waals surface area contributed by atoms with Gasteiger partial charge in [-0.05, 0) is 84.4 Å². The van der Waals surface area contributed by atoms with E-state index in [9.17, 15) is 14.4 Å². The van der Waals surface area contributed by atoms with E-state index in [4.69, 9.17) is 42.0 Å². The molecule has 2 unspecified atom stereocenters. The lowest BCUT2D eigenvalue weighted by atomic mass is 9.79. The number of ketones is 1. The van der Waals surface area contributed by atoms with Crippen molar-refractivity contribution < 1.29 is 33.3 Å². The zero-order valence-electron chi connectivity index (χ0n) is 30.9. The minimum atomic E-state index is -1.44. The first kappa shape index (κ1) is 37.5. The van der Waals surface area contributed by atoms with Crippen molar-refractivity contribution >= 4 is 57.0 Å². The third-order valence-electron chi connectivity index (χ3n) is 10.2. The Balaban J connectivity index is 0.000000168. The molecule has 2 amide bonds. The molecule has 0 bridgehead atoms. The van der Waals surface area contributed by atoms with Crippen molar-refractivity contribution in [2.45, 2.75) is 17.5 Å². The molecule has 4 aliphatic rings. The third-order valence-corrected chi connectivity index (χ3v) is 10.9. The van der Waals surface area contributed by atoms with Gasteiger partial charge in [-0.1, -0.05) is 33.6 Å². The van der Waals surface area contributed by atoms with Gasteiger partial charge in [-0.3, -0.25) is 29.2 Å². The first-order chi connectivity index (χ1) is 27.3. The standard InChI is InChI=1S/C24H19ClN4O4.C17H14BrN3O3/c1-29-22(31)24(28-23(29)26)16-9-13(10-19(30)18-6-4-14(25)12-27-18)3-7-20(16)33-21-8-5-15(32-2)11-17(21)24;1-21-15(22)17(20-16(21)19)11-7-9(18)3-5-13(11)24-14-6-4-10(23-2)8-12(14)17/h3-9,11-12H,10H2,1-2H3,(H2,26,28);3-8H,1-2H3,(H2,19,20). The number of carbonyl (C=O) groups excluding carboxylic acids is 3. The quantitative estimate of drug-likeness (QED) is 0.202. The van der Waals surface area contributed by atoms with Crippen molar-refractivity contribution in [2.75, 3.05) is 28.3 Å². The van der Waals surface area contributed by atoms with Crippen LogP contribution in [0.15, 0.2) is 106 Å². The van der Waals surface area contributed by atoms with Crippen LogP contribution in [0.25, 0.3) is 0 Å². The van der Waals surface area contributed by atoms with Crippen LogP contribution < -0.4 is 30.4 Å². The second-order valence-corrected chi connectivity index (χ2v) is 14.8. The molecule has 0 fully saturated rings. The minimum Gasteiger partial charge on any atom is -0.497 e. The van der Waals surface area contributed by atoms with Gasteiger partial charge in [0.1, 0.15) is 40.2 Å². The summed E-state index contributed by atoms with van der Waals surface area (Å²) in [5.41, 5.74) is 12.6. The van der Waals surface area contributed by atoms with E-state index in [1.165, 1.54) is 16.0 Å². The van der Waals surface area contributed by atoms with Gasteiger partial charge in [-0.15, -0.1) is 0 Å². The van der Waals surface area contributed by atoms with E-state index in [1.54, 1.807) is 95.0 Å². The van der Waals surface area contributed by atoms with Crippen LogP contribution in [-0.2, 0) is 27.1 Å². The number of hydrogen-bond acceptors (Lipinski definition) is 12. The predicted molar refractivity (Wildman–Crippen MR) is 214 cm³/mol. The number of amides is 2. The monoisotopic (exact) mass is 849 g/mol. The van der Waals surface area contributed by atoms with Gasteiger partial charge in [0.15, 0.2) is 17.7 Å². The molecule has 4 aromatic carbocycles. The maximum absolute atomic E-state index is 13.6. The summed E-state index contributed by atoms with van der Waals surface area (Å²) in [6.07, 6.45) is 1.51. The number of hydrogen-bond donors (Lipinski definition) is 2. The Bertz CT molecular complexity index is 2600. The molecular formula is C41H33BrClN7O7. The van der Waals surface area contributed by atoms with Crippen molar-refractivity contribution in [1.29, 1.82) is 0 Å². The number of methoxy groups -OCH3 is 2. The van der Waals surface area contributed by atoms with Gasteiger partial charge >= 0.3 is 0 Å². The van der Waals surface area contributed by atoms with Crippen molar-refractivity contribution in [3.63, 3.8) is 0 Å². The molecule has 5 heterocycles. The van der Waals surface area contributed by atoms with Crippen LogP contribution in [0.3, 0.4) is 0 Å². The third kappa shape index (κ3) is 5.92. The van der Waals surface area contributed by atoms with Crippen LogP contribution in [0, 0.1) is 0 Å². The number of rotatable bonds is 5. The van der Waals surface area contributed by atoms with Crippen molar-refractivity contribution in [3.8, 4) is 34.5 Å². The Morgan fingerprint density at radius 1 is 0.719 bits per heavy atom. The highest BCUT2D eigenvalue weighted by atomic mass is 79.9. The molecule has 0 radical (unpaired) electrons. The molecule has 14 nitrogen and oxygen atoms in total. The summed E-state index contributed by atoms with van der Waals surface area (Å²) >= 11 is 9.32. The number of nitrogens with two attached hydrogens (primary N) is 2. The van der Waals surface area contributed by atoms with Gasteiger partial charge in [-0.2, -0.15) is 0 Å². The van der Waals surface area contributed by atoms with Crippen LogP contribution in [-0.4, -0.2) is 72.6 Å². The topological polar surface area (TPSA) is 184 Å². The van der Waals surface area contributed by atoms with Crippen LogP contribution in [0.2, 0.25) is 5.02 Å². The largest absolute Gasteiger partial charge is 0.497 e. The molecule has 0 saturated carbocycles. The lowest BCUT2D eigenvalue weighted by Crippen LogP contribution is -2.42. The number of aromatic nitrogens is 1. The van der Waals surface area contributed by atoms with Gasteiger partial charge in [0.25, 0.3) is 11.8 Å². The highest BCUT2D eigenvalue weighted by molar-refractivity contribution is 9.10. The second kappa shape index (κ2) is 13.9. The molecule has 2 spiro atoms. The van der Waals surface area contributed by atoms with Gasteiger partial charge in [-0.25, -0.2) is 9.98 Å². The summed E-state index contributed by atoms with van der Waals surface area (Å²) in [6, 6.07) is 24.5. The number of guanidine groups is 2. The number of aliphatic imine (C=N–C) groups is 2. The number of likely N-dealkylation sites (N-methyl/N-ethyl adjacent to an activating group) is 2. The summed E-state index contributed by atoms with van der Waals surface area (Å²) in [7, 11) is 6.30. The Kier molecular flexibility index (Phi) is 9.16. The molecular weight excluding hydrogens is 818 g/mol. The minimum absolute atomic E-state index is 0.0756. The van der Waals surface area contributed by atoms with E-state index in [0.29, 0.717) is 73.0 Å². The first-order valence-electron chi connectivity index (χ1n) is 17.4. The molecule has 5 aromatic rings. The van der Waals surface area contributed by atoms with Crippen molar-refractivity contribution in [3.05, 3.63) is 134 Å². The summed E-state index contributed by atoms with van der Waals surface area (Å²) in [4.78, 5) is 55.4. The van der Waals surface area contributed by atoms with Gasteiger partial charge < -0.3 is 30.4 Å². The predicted octanol–water partition coefficient (Wildman–Crippen LogP) is 5.90. The number of ether oxygens (including phenoxy) is 4. The molecule has 4 N–H and O–H groups in total. The molecule has 57 heavy (non-hydrogen) atoms. The zero-order valence-corrected chi connectivity index (χ0v) is 33.2. The number of Topliss-reactive ketones (excluding diaryl/α,β-unsaturated/α-hetero) is 1. The first-order valence-corrected chi connectivity index (χ1v) is 18.6. The SMILES string of the molecule is COc1ccc2c(c1)C1(N=C(N)N(C)C1=O)c1cc(Br)ccc1O2.COc1ccc2c(c1)C1(N=C(N)N(C)C1=O)c1cc(CC(=O)c3ccc(Cl)cn3)ccc1O2. The maximum Gasteiger partial charge on any atom is 0.266 e. The van der Waals surface area contributed by atoms with Crippen LogP contribution in [0.5, 0.6) is 34.5 Å². The Morgan fingerprint density at radius 3 is 1.65 bits per heavy atom. The van der Waals surface area contributed by atoms with E-state index in [2.05, 4.69) is 30.9 Å². The number of benzene rings is 4. The molecule has 4 aliphatic heterocycles. The normalized spacial score (nSPS) is 19.6.